The van der Waals surface area contributed by atoms with E-state index in [0.717, 1.165) is 12.1 Å². The van der Waals surface area contributed by atoms with Gasteiger partial charge in [0.2, 0.25) is 0 Å². The van der Waals surface area contributed by atoms with Crippen LogP contribution in [0, 0.1) is 11.6 Å². The SMILES string of the molecule is CN(C)C(C)(C(=O)O)c1cc(F)cc(F)c1. The maximum absolute atomic E-state index is 13.0. The monoisotopic (exact) mass is 229 g/mol. The minimum atomic E-state index is -1.46. The van der Waals surface area contributed by atoms with Crippen LogP contribution in [0.2, 0.25) is 0 Å². The molecule has 0 fully saturated rings. The Morgan fingerprint density at radius 1 is 1.25 bits per heavy atom. The van der Waals surface area contributed by atoms with Gasteiger partial charge >= 0.3 is 5.97 Å². The summed E-state index contributed by atoms with van der Waals surface area (Å²) in [5.41, 5.74) is -1.38. The molecular formula is C11H13F2NO2. The summed E-state index contributed by atoms with van der Waals surface area (Å²) < 4.78 is 26.1. The molecular weight excluding hydrogens is 216 g/mol. The second-order valence-corrected chi connectivity index (χ2v) is 3.93. The zero-order valence-electron chi connectivity index (χ0n) is 9.29. The molecule has 3 nitrogen and oxygen atoms in total. The Morgan fingerprint density at radius 3 is 2.00 bits per heavy atom. The topological polar surface area (TPSA) is 40.5 Å². The van der Waals surface area contributed by atoms with Gasteiger partial charge in [0.25, 0.3) is 0 Å². The van der Waals surface area contributed by atoms with Crippen LogP contribution in [-0.4, -0.2) is 30.1 Å². The molecule has 1 atom stereocenters. The summed E-state index contributed by atoms with van der Waals surface area (Å²) >= 11 is 0. The smallest absolute Gasteiger partial charge is 0.328 e. The summed E-state index contributed by atoms with van der Waals surface area (Å²) in [6.07, 6.45) is 0. The lowest BCUT2D eigenvalue weighted by Gasteiger charge is -2.32. The molecule has 1 aromatic carbocycles. The zero-order chi connectivity index (χ0) is 12.5. The van der Waals surface area contributed by atoms with Crippen molar-refractivity contribution in [3.63, 3.8) is 0 Å². The Balaban J connectivity index is 3.38. The summed E-state index contributed by atoms with van der Waals surface area (Å²) in [6.45, 7) is 1.39. The van der Waals surface area contributed by atoms with E-state index in [1.807, 2.05) is 0 Å². The molecule has 0 aliphatic rings. The number of carboxylic acids is 1. The quantitative estimate of drug-likeness (QED) is 0.859. The molecule has 1 aromatic rings. The zero-order valence-corrected chi connectivity index (χ0v) is 9.29. The molecule has 16 heavy (non-hydrogen) atoms. The number of carbonyl (C=O) groups is 1. The molecule has 0 amide bonds. The van der Waals surface area contributed by atoms with Gasteiger partial charge in [-0.1, -0.05) is 0 Å². The van der Waals surface area contributed by atoms with Crippen LogP contribution in [0.4, 0.5) is 8.78 Å². The molecule has 0 aliphatic heterocycles. The van der Waals surface area contributed by atoms with Crippen molar-refractivity contribution < 1.29 is 18.7 Å². The number of halogens is 2. The number of rotatable bonds is 3. The number of carboxylic acid groups (broad SMARTS) is 1. The highest BCUT2D eigenvalue weighted by molar-refractivity contribution is 5.80. The van der Waals surface area contributed by atoms with E-state index in [-0.39, 0.29) is 5.56 Å². The summed E-state index contributed by atoms with van der Waals surface area (Å²) in [6, 6.07) is 2.76. The molecule has 5 heteroatoms. The van der Waals surface area contributed by atoms with Gasteiger partial charge in [0.15, 0.2) is 0 Å². The number of hydrogen-bond acceptors (Lipinski definition) is 2. The van der Waals surface area contributed by atoms with Crippen LogP contribution < -0.4 is 0 Å². The highest BCUT2D eigenvalue weighted by Crippen LogP contribution is 2.27. The van der Waals surface area contributed by atoms with Crippen molar-refractivity contribution in [2.24, 2.45) is 0 Å². The van der Waals surface area contributed by atoms with Crippen molar-refractivity contribution >= 4 is 5.97 Å². The first-order valence-corrected chi connectivity index (χ1v) is 4.66. The summed E-state index contributed by atoms with van der Waals surface area (Å²) in [7, 11) is 3.08. The minimum absolute atomic E-state index is 0.0718. The first-order chi connectivity index (χ1) is 7.28. The van der Waals surface area contributed by atoms with E-state index >= 15 is 0 Å². The second kappa shape index (κ2) is 4.17. The van der Waals surface area contributed by atoms with Gasteiger partial charge in [0.05, 0.1) is 0 Å². The summed E-state index contributed by atoms with van der Waals surface area (Å²) in [5.74, 6) is -2.74. The Morgan fingerprint density at radius 2 is 1.69 bits per heavy atom. The van der Waals surface area contributed by atoms with Crippen LogP contribution in [0.1, 0.15) is 12.5 Å². The number of hydrogen-bond donors (Lipinski definition) is 1. The van der Waals surface area contributed by atoms with Gasteiger partial charge in [-0.2, -0.15) is 0 Å². The lowest BCUT2D eigenvalue weighted by Crippen LogP contribution is -2.45. The highest BCUT2D eigenvalue weighted by Gasteiger charge is 2.38. The third kappa shape index (κ3) is 2.04. The van der Waals surface area contributed by atoms with Gasteiger partial charge in [0, 0.05) is 6.07 Å². The number of benzene rings is 1. The number of nitrogens with zero attached hydrogens (tertiary/aromatic N) is 1. The Bertz CT molecular complexity index is 400. The van der Waals surface area contributed by atoms with Crippen molar-refractivity contribution in [3.8, 4) is 0 Å². The maximum Gasteiger partial charge on any atom is 0.328 e. The molecule has 0 aromatic heterocycles. The predicted octanol–water partition coefficient (Wildman–Crippen LogP) is 1.83. The molecule has 1 rings (SSSR count). The van der Waals surface area contributed by atoms with E-state index in [0.29, 0.717) is 6.07 Å². The Labute approximate surface area is 92.3 Å². The normalized spacial score (nSPS) is 14.9. The van der Waals surface area contributed by atoms with Crippen molar-refractivity contribution in [3.05, 3.63) is 35.4 Å². The van der Waals surface area contributed by atoms with E-state index in [4.69, 9.17) is 5.11 Å². The molecule has 0 spiro atoms. The van der Waals surface area contributed by atoms with E-state index in [1.165, 1.54) is 25.9 Å². The van der Waals surface area contributed by atoms with Gasteiger partial charge in [-0.15, -0.1) is 0 Å². The molecule has 88 valence electrons. The van der Waals surface area contributed by atoms with Crippen LogP contribution in [0.15, 0.2) is 18.2 Å². The van der Waals surface area contributed by atoms with E-state index in [1.54, 1.807) is 0 Å². The van der Waals surface area contributed by atoms with Gasteiger partial charge < -0.3 is 5.11 Å². The molecule has 0 saturated heterocycles. The van der Waals surface area contributed by atoms with Crippen molar-refractivity contribution in [1.29, 1.82) is 0 Å². The van der Waals surface area contributed by atoms with Gasteiger partial charge in [-0.3, -0.25) is 4.90 Å². The average Bonchev–Trinajstić information content (AvgIpc) is 2.14. The third-order valence-electron chi connectivity index (χ3n) is 2.74. The molecule has 1 unspecified atom stereocenters. The van der Waals surface area contributed by atoms with Gasteiger partial charge in [-0.05, 0) is 38.7 Å². The lowest BCUT2D eigenvalue weighted by molar-refractivity contribution is -0.149. The minimum Gasteiger partial charge on any atom is -0.480 e. The predicted molar refractivity (Wildman–Crippen MR) is 55.0 cm³/mol. The molecule has 1 N–H and O–H groups in total. The van der Waals surface area contributed by atoms with Crippen molar-refractivity contribution in [2.75, 3.05) is 14.1 Å². The highest BCUT2D eigenvalue weighted by atomic mass is 19.1. The van der Waals surface area contributed by atoms with Crippen LogP contribution >= 0.6 is 0 Å². The number of likely N-dealkylation sites (N-methyl/N-ethyl adjacent to an activating group) is 1. The average molecular weight is 229 g/mol. The molecule has 0 aliphatic carbocycles. The number of aliphatic carboxylic acids is 1. The van der Waals surface area contributed by atoms with Crippen LogP contribution in [0.25, 0.3) is 0 Å². The largest absolute Gasteiger partial charge is 0.480 e. The molecule has 0 saturated carbocycles. The van der Waals surface area contributed by atoms with Crippen LogP contribution in [0.5, 0.6) is 0 Å². The standard InChI is InChI=1S/C11H13F2NO2/c1-11(10(15)16,14(2)3)7-4-8(12)6-9(13)5-7/h4-6H,1-3H3,(H,15,16). The fourth-order valence-electron chi connectivity index (χ4n) is 1.41. The first kappa shape index (κ1) is 12.6. The van der Waals surface area contributed by atoms with Crippen molar-refractivity contribution in [2.45, 2.75) is 12.5 Å². The fraction of sp³-hybridized carbons (Fsp3) is 0.364. The molecule has 0 bridgehead atoms. The summed E-state index contributed by atoms with van der Waals surface area (Å²) in [5, 5.41) is 9.15. The maximum atomic E-state index is 13.0. The third-order valence-corrected chi connectivity index (χ3v) is 2.74. The second-order valence-electron chi connectivity index (χ2n) is 3.93. The van der Waals surface area contributed by atoms with E-state index < -0.39 is 23.1 Å². The first-order valence-electron chi connectivity index (χ1n) is 4.66. The van der Waals surface area contributed by atoms with E-state index in [9.17, 15) is 13.6 Å². The van der Waals surface area contributed by atoms with Crippen LogP contribution in [0.3, 0.4) is 0 Å². The van der Waals surface area contributed by atoms with E-state index in [2.05, 4.69) is 0 Å². The molecule has 0 heterocycles. The fourth-order valence-corrected chi connectivity index (χ4v) is 1.41. The van der Waals surface area contributed by atoms with Crippen molar-refractivity contribution in [1.82, 2.24) is 4.90 Å². The van der Waals surface area contributed by atoms with Gasteiger partial charge in [-0.25, -0.2) is 13.6 Å². The van der Waals surface area contributed by atoms with Crippen LogP contribution in [-0.2, 0) is 10.3 Å². The van der Waals surface area contributed by atoms with Gasteiger partial charge in [0.1, 0.15) is 17.2 Å². The molecule has 0 radical (unpaired) electrons. The Hall–Kier alpha value is -1.49. The Kier molecular flexibility index (Phi) is 3.28. The summed E-state index contributed by atoms with van der Waals surface area (Å²) in [4.78, 5) is 12.6. The lowest BCUT2D eigenvalue weighted by atomic mass is 9.90.